The monoisotopic (exact) mass is 193 g/mol. The van der Waals surface area contributed by atoms with Crippen LogP contribution in [0, 0.1) is 12.8 Å². The molecule has 0 aliphatic heterocycles. The van der Waals surface area contributed by atoms with Crippen molar-refractivity contribution in [1.29, 1.82) is 0 Å². The molecular weight excluding hydrogens is 174 g/mol. The minimum absolute atomic E-state index is 0.541. The lowest BCUT2D eigenvalue weighted by molar-refractivity contribution is 0.164. The smallest absolute Gasteiger partial charge is 0.0504 e. The summed E-state index contributed by atoms with van der Waals surface area (Å²) in [7, 11) is 1.74. The Kier molecular flexibility index (Phi) is 4.47. The summed E-state index contributed by atoms with van der Waals surface area (Å²) < 4.78 is 5.08. The Hall–Kier alpha value is -1.02. The highest BCUT2D eigenvalue weighted by Gasteiger charge is 2.01. The van der Waals surface area contributed by atoms with E-state index in [1.807, 2.05) is 0 Å². The van der Waals surface area contributed by atoms with Crippen LogP contribution in [-0.2, 0) is 4.74 Å². The van der Waals surface area contributed by atoms with Crippen LogP contribution in [0.1, 0.15) is 12.5 Å². The molecule has 0 bridgehead atoms. The standard InChI is InChI=1S/C12H19NO/c1-10(9-14-3)8-13-12-7-5-4-6-11(12)2/h4-7,10,13H,8-9H2,1-3H3. The van der Waals surface area contributed by atoms with Crippen LogP contribution in [0.25, 0.3) is 0 Å². The lowest BCUT2D eigenvalue weighted by Gasteiger charge is -2.13. The van der Waals surface area contributed by atoms with Crippen molar-refractivity contribution in [1.82, 2.24) is 0 Å². The third kappa shape index (κ3) is 3.38. The van der Waals surface area contributed by atoms with Crippen LogP contribution in [-0.4, -0.2) is 20.3 Å². The Balaban J connectivity index is 2.41. The Bertz CT molecular complexity index is 273. The van der Waals surface area contributed by atoms with Crippen molar-refractivity contribution in [3.63, 3.8) is 0 Å². The predicted octanol–water partition coefficient (Wildman–Crippen LogP) is 2.69. The highest BCUT2D eigenvalue weighted by molar-refractivity contribution is 5.50. The maximum Gasteiger partial charge on any atom is 0.0504 e. The summed E-state index contributed by atoms with van der Waals surface area (Å²) in [5.41, 5.74) is 2.51. The molecular formula is C12H19NO. The summed E-state index contributed by atoms with van der Waals surface area (Å²) in [6.45, 7) is 6.05. The minimum atomic E-state index is 0.541. The van der Waals surface area contributed by atoms with E-state index in [9.17, 15) is 0 Å². The van der Waals surface area contributed by atoms with Gasteiger partial charge in [-0.15, -0.1) is 0 Å². The number of hydrogen-bond acceptors (Lipinski definition) is 2. The zero-order valence-corrected chi connectivity index (χ0v) is 9.21. The first kappa shape index (κ1) is 11.1. The van der Waals surface area contributed by atoms with E-state index in [1.54, 1.807) is 7.11 Å². The summed E-state index contributed by atoms with van der Waals surface area (Å²) in [5, 5.41) is 3.42. The molecule has 1 aromatic carbocycles. The molecule has 0 saturated carbocycles. The third-order valence-corrected chi connectivity index (χ3v) is 2.24. The molecule has 0 heterocycles. The summed E-state index contributed by atoms with van der Waals surface area (Å²) in [6, 6.07) is 8.33. The first-order chi connectivity index (χ1) is 6.74. The maximum absolute atomic E-state index is 5.08. The molecule has 1 unspecified atom stereocenters. The van der Waals surface area contributed by atoms with E-state index in [2.05, 4.69) is 43.4 Å². The number of benzene rings is 1. The molecule has 0 aliphatic rings. The SMILES string of the molecule is COCC(C)CNc1ccccc1C. The van der Waals surface area contributed by atoms with E-state index >= 15 is 0 Å². The van der Waals surface area contributed by atoms with Crippen LogP contribution in [0.3, 0.4) is 0 Å². The van der Waals surface area contributed by atoms with Crippen LogP contribution in [0.15, 0.2) is 24.3 Å². The average Bonchev–Trinajstić information content (AvgIpc) is 2.17. The van der Waals surface area contributed by atoms with Crippen LogP contribution >= 0.6 is 0 Å². The summed E-state index contributed by atoms with van der Waals surface area (Å²) in [4.78, 5) is 0. The van der Waals surface area contributed by atoms with Crippen molar-refractivity contribution >= 4 is 5.69 Å². The highest BCUT2D eigenvalue weighted by Crippen LogP contribution is 2.13. The second-order valence-corrected chi connectivity index (χ2v) is 3.76. The summed E-state index contributed by atoms with van der Waals surface area (Å²) in [6.07, 6.45) is 0. The molecule has 0 aliphatic carbocycles. The molecule has 1 aromatic rings. The number of rotatable bonds is 5. The quantitative estimate of drug-likeness (QED) is 0.776. The minimum Gasteiger partial charge on any atom is -0.384 e. The highest BCUT2D eigenvalue weighted by atomic mass is 16.5. The predicted molar refractivity (Wildman–Crippen MR) is 60.7 cm³/mol. The second-order valence-electron chi connectivity index (χ2n) is 3.76. The number of hydrogen-bond donors (Lipinski definition) is 1. The van der Waals surface area contributed by atoms with Crippen molar-refractivity contribution in [3.05, 3.63) is 29.8 Å². The first-order valence-electron chi connectivity index (χ1n) is 5.02. The fourth-order valence-corrected chi connectivity index (χ4v) is 1.40. The van der Waals surface area contributed by atoms with Crippen molar-refractivity contribution in [3.8, 4) is 0 Å². The van der Waals surface area contributed by atoms with E-state index in [0.717, 1.165) is 13.2 Å². The average molecular weight is 193 g/mol. The van der Waals surface area contributed by atoms with Gasteiger partial charge in [0.1, 0.15) is 0 Å². The maximum atomic E-state index is 5.08. The Labute approximate surface area is 86.3 Å². The molecule has 0 fully saturated rings. The normalized spacial score (nSPS) is 12.5. The number of ether oxygens (including phenoxy) is 1. The zero-order chi connectivity index (χ0) is 10.4. The Morgan fingerprint density at radius 3 is 2.71 bits per heavy atom. The van der Waals surface area contributed by atoms with Crippen LogP contribution < -0.4 is 5.32 Å². The molecule has 1 N–H and O–H groups in total. The molecule has 0 amide bonds. The Morgan fingerprint density at radius 2 is 2.07 bits per heavy atom. The van der Waals surface area contributed by atoms with Gasteiger partial charge in [0, 0.05) is 19.3 Å². The van der Waals surface area contributed by atoms with Crippen molar-refractivity contribution < 1.29 is 4.74 Å². The van der Waals surface area contributed by atoms with Gasteiger partial charge in [0.15, 0.2) is 0 Å². The van der Waals surface area contributed by atoms with Gasteiger partial charge < -0.3 is 10.1 Å². The third-order valence-electron chi connectivity index (χ3n) is 2.24. The van der Waals surface area contributed by atoms with Crippen LogP contribution in [0.5, 0.6) is 0 Å². The van der Waals surface area contributed by atoms with Gasteiger partial charge in [0.05, 0.1) is 6.61 Å². The topological polar surface area (TPSA) is 21.3 Å². The van der Waals surface area contributed by atoms with Gasteiger partial charge >= 0.3 is 0 Å². The molecule has 1 atom stereocenters. The van der Waals surface area contributed by atoms with Crippen molar-refractivity contribution in [2.75, 3.05) is 25.6 Å². The molecule has 1 rings (SSSR count). The molecule has 0 spiro atoms. The van der Waals surface area contributed by atoms with E-state index in [1.165, 1.54) is 11.3 Å². The van der Waals surface area contributed by atoms with Crippen LogP contribution in [0.2, 0.25) is 0 Å². The van der Waals surface area contributed by atoms with Gasteiger partial charge in [-0.1, -0.05) is 25.1 Å². The van der Waals surface area contributed by atoms with Crippen molar-refractivity contribution in [2.45, 2.75) is 13.8 Å². The van der Waals surface area contributed by atoms with E-state index < -0.39 is 0 Å². The number of methoxy groups -OCH3 is 1. The summed E-state index contributed by atoms with van der Waals surface area (Å²) >= 11 is 0. The summed E-state index contributed by atoms with van der Waals surface area (Å²) in [5.74, 6) is 0.541. The van der Waals surface area contributed by atoms with E-state index in [0.29, 0.717) is 5.92 Å². The number of nitrogens with one attached hydrogen (secondary N) is 1. The molecule has 14 heavy (non-hydrogen) atoms. The van der Waals surface area contributed by atoms with Crippen molar-refractivity contribution in [2.24, 2.45) is 5.92 Å². The fraction of sp³-hybridized carbons (Fsp3) is 0.500. The zero-order valence-electron chi connectivity index (χ0n) is 9.21. The van der Waals surface area contributed by atoms with Gasteiger partial charge in [-0.25, -0.2) is 0 Å². The van der Waals surface area contributed by atoms with Gasteiger partial charge in [-0.2, -0.15) is 0 Å². The molecule has 2 heteroatoms. The number of anilines is 1. The lowest BCUT2D eigenvalue weighted by atomic mass is 10.1. The molecule has 0 aromatic heterocycles. The fourth-order valence-electron chi connectivity index (χ4n) is 1.40. The first-order valence-corrected chi connectivity index (χ1v) is 5.02. The van der Waals surface area contributed by atoms with Crippen LogP contribution in [0.4, 0.5) is 5.69 Å². The molecule has 78 valence electrons. The lowest BCUT2D eigenvalue weighted by Crippen LogP contribution is -2.16. The van der Waals surface area contributed by atoms with Gasteiger partial charge in [0.25, 0.3) is 0 Å². The van der Waals surface area contributed by atoms with Gasteiger partial charge in [-0.3, -0.25) is 0 Å². The second kappa shape index (κ2) is 5.66. The van der Waals surface area contributed by atoms with Gasteiger partial charge in [-0.05, 0) is 24.5 Å². The van der Waals surface area contributed by atoms with Gasteiger partial charge in [0.2, 0.25) is 0 Å². The molecule has 0 radical (unpaired) electrons. The largest absolute Gasteiger partial charge is 0.384 e. The Morgan fingerprint density at radius 1 is 1.36 bits per heavy atom. The van der Waals surface area contributed by atoms with E-state index in [4.69, 9.17) is 4.74 Å². The molecule has 2 nitrogen and oxygen atoms in total. The number of para-hydroxylation sites is 1. The number of aryl methyl sites for hydroxylation is 1. The van der Waals surface area contributed by atoms with E-state index in [-0.39, 0.29) is 0 Å². The molecule has 0 saturated heterocycles.